The van der Waals surface area contributed by atoms with Crippen molar-refractivity contribution >= 4 is 35.1 Å². The number of hydrogen-bond donors (Lipinski definition) is 3. The molecule has 8 rings (SSSR count). The third-order valence-electron chi connectivity index (χ3n) is 12.2. The number of amides is 2. The normalized spacial score (nSPS) is 13.1. The van der Waals surface area contributed by atoms with Crippen molar-refractivity contribution < 1.29 is 64.8 Å². The van der Waals surface area contributed by atoms with Gasteiger partial charge in [0.25, 0.3) is 0 Å². The van der Waals surface area contributed by atoms with Crippen molar-refractivity contribution in [3.63, 3.8) is 0 Å². The molecule has 0 saturated carbocycles. The number of carbonyl (C=O) groups is 4. The third kappa shape index (κ3) is 15.4. The minimum atomic E-state index is -4.51. The van der Waals surface area contributed by atoms with Gasteiger partial charge in [-0.2, -0.15) is 26.3 Å². The van der Waals surface area contributed by atoms with Crippen LogP contribution in [0.15, 0.2) is 133 Å². The summed E-state index contributed by atoms with van der Waals surface area (Å²) in [5.41, 5.74) is 3.42. The molecule has 2 heterocycles. The van der Waals surface area contributed by atoms with Crippen molar-refractivity contribution in [2.24, 2.45) is 0 Å². The molecule has 2 aliphatic rings. The van der Waals surface area contributed by atoms with Gasteiger partial charge in [-0.3, -0.25) is 19.2 Å². The van der Waals surface area contributed by atoms with Gasteiger partial charge in [-0.1, -0.05) is 84.9 Å². The maximum atomic E-state index is 13.8. The minimum Gasteiger partial charge on any atom is -0.489 e. The van der Waals surface area contributed by atoms with Crippen molar-refractivity contribution in [3.05, 3.63) is 167 Å². The molecule has 0 atom stereocenters. The minimum absolute atomic E-state index is 0.0266. The van der Waals surface area contributed by atoms with E-state index in [1.807, 2.05) is 6.07 Å². The van der Waals surface area contributed by atoms with Gasteiger partial charge >= 0.3 is 24.3 Å². The van der Waals surface area contributed by atoms with E-state index in [2.05, 4.69) is 10.6 Å². The average Bonchev–Trinajstić information content (AvgIpc) is 4.02. The van der Waals surface area contributed by atoms with Crippen LogP contribution in [0.3, 0.4) is 0 Å². The lowest BCUT2D eigenvalue weighted by atomic mass is 9.97. The Kier molecular flexibility index (Phi) is 18.3. The van der Waals surface area contributed by atoms with Crippen LogP contribution in [-0.2, 0) is 62.3 Å². The number of esters is 1. The number of anilines is 2. The molecule has 0 unspecified atom stereocenters. The van der Waals surface area contributed by atoms with Gasteiger partial charge in [-0.15, -0.1) is 0 Å². The Hall–Kier alpha value is -7.70. The molecule has 12 nitrogen and oxygen atoms in total. The Morgan fingerprint density at radius 1 is 0.553 bits per heavy atom. The predicted molar refractivity (Wildman–Crippen MR) is 276 cm³/mol. The van der Waals surface area contributed by atoms with Crippen molar-refractivity contribution in [2.75, 3.05) is 49.1 Å². The Morgan fingerprint density at radius 2 is 0.974 bits per heavy atom. The van der Waals surface area contributed by atoms with Crippen LogP contribution in [0.25, 0.3) is 22.3 Å². The lowest BCUT2D eigenvalue weighted by Crippen LogP contribution is -2.38. The lowest BCUT2D eigenvalue weighted by molar-refractivity contribution is -0.154. The van der Waals surface area contributed by atoms with Crippen LogP contribution >= 0.6 is 0 Å². The highest BCUT2D eigenvalue weighted by molar-refractivity contribution is 5.97. The van der Waals surface area contributed by atoms with Gasteiger partial charge in [0.2, 0.25) is 11.8 Å². The molecular weight excluding hydrogens is 995 g/mol. The first-order chi connectivity index (χ1) is 36.1. The molecule has 76 heavy (non-hydrogen) atoms. The monoisotopic (exact) mass is 1050 g/mol. The molecule has 6 aromatic carbocycles. The first-order valence-corrected chi connectivity index (χ1v) is 24.6. The van der Waals surface area contributed by atoms with Gasteiger partial charge in [-0.25, -0.2) is 0 Å². The Morgan fingerprint density at radius 3 is 1.37 bits per heavy atom. The first-order valence-electron chi connectivity index (χ1n) is 24.6. The average molecular weight is 1050 g/mol. The summed E-state index contributed by atoms with van der Waals surface area (Å²) in [4.78, 5) is 50.9. The number of carbonyl (C=O) groups excluding carboxylic acids is 3. The van der Waals surface area contributed by atoms with Gasteiger partial charge in [0.15, 0.2) is 0 Å². The second-order valence-corrected chi connectivity index (χ2v) is 19.1. The number of nitrogens with zero attached hydrogens (tertiary/aromatic N) is 2. The molecule has 3 N–H and O–H groups in total. The fourth-order valence-electron chi connectivity index (χ4n) is 8.72. The van der Waals surface area contributed by atoms with Gasteiger partial charge < -0.3 is 39.8 Å². The zero-order chi connectivity index (χ0) is 54.6. The molecule has 0 aliphatic carbocycles. The van der Waals surface area contributed by atoms with Crippen LogP contribution < -0.4 is 29.9 Å². The fourth-order valence-corrected chi connectivity index (χ4v) is 8.72. The van der Waals surface area contributed by atoms with Gasteiger partial charge in [0, 0.05) is 37.6 Å². The summed E-state index contributed by atoms with van der Waals surface area (Å²) in [6.45, 7) is 7.01. The quantitative estimate of drug-likeness (QED) is 0.0432. The summed E-state index contributed by atoms with van der Waals surface area (Å²) < 4.78 is 99.6. The van der Waals surface area contributed by atoms with Crippen molar-refractivity contribution in [3.8, 4) is 33.8 Å². The van der Waals surface area contributed by atoms with E-state index >= 15 is 0 Å². The number of nitrogens with one attached hydrogen (secondary N) is 2. The number of carboxylic acid groups (broad SMARTS) is 1. The highest BCUT2D eigenvalue weighted by Gasteiger charge is 2.35. The highest BCUT2D eigenvalue weighted by Crippen LogP contribution is 2.40. The third-order valence-corrected chi connectivity index (χ3v) is 12.2. The second-order valence-electron chi connectivity index (χ2n) is 19.1. The molecular formula is C58H58F6N4O8. The number of hydrogen-bond acceptors (Lipinski definition) is 9. The van der Waals surface area contributed by atoms with Crippen LogP contribution in [0.1, 0.15) is 67.0 Å². The molecule has 0 fully saturated rings. The summed E-state index contributed by atoms with van der Waals surface area (Å²) in [5, 5.41) is 14.5. The summed E-state index contributed by atoms with van der Waals surface area (Å²) in [7, 11) is 0. The number of ether oxygens (including phenoxy) is 3. The number of aliphatic carboxylic acids is 1. The van der Waals surface area contributed by atoms with E-state index < -0.39 is 35.0 Å². The van der Waals surface area contributed by atoms with Crippen molar-refractivity contribution in [1.29, 1.82) is 0 Å². The highest BCUT2D eigenvalue weighted by atomic mass is 19.4. The number of halogens is 6. The number of fused-ring (bicyclic) bond motifs is 2. The molecule has 0 bridgehead atoms. The summed E-state index contributed by atoms with van der Waals surface area (Å²) in [6.07, 6.45) is -7.65. The number of benzene rings is 6. The van der Waals surface area contributed by atoms with Crippen LogP contribution in [0.5, 0.6) is 11.5 Å². The molecule has 0 radical (unpaired) electrons. The zero-order valence-corrected chi connectivity index (χ0v) is 42.2. The first kappa shape index (κ1) is 56.0. The maximum absolute atomic E-state index is 13.8. The number of rotatable bonds is 18. The second kappa shape index (κ2) is 24.8. The van der Waals surface area contributed by atoms with Crippen LogP contribution in [0.4, 0.5) is 37.7 Å². The predicted octanol–water partition coefficient (Wildman–Crippen LogP) is 11.1. The fraction of sp³-hybridized carbons (Fsp3) is 0.310. The van der Waals surface area contributed by atoms with E-state index in [9.17, 15) is 45.5 Å². The Balaban J connectivity index is 0.000000222. The van der Waals surface area contributed by atoms with Gasteiger partial charge in [0.1, 0.15) is 30.3 Å². The smallest absolute Gasteiger partial charge is 0.417 e. The largest absolute Gasteiger partial charge is 0.489 e. The maximum Gasteiger partial charge on any atom is 0.417 e. The number of alkyl halides is 6. The zero-order valence-electron chi connectivity index (χ0n) is 42.2. The number of carboxylic acids is 1. The topological polar surface area (TPSA) is 147 Å². The molecule has 0 spiro atoms. The lowest BCUT2D eigenvalue weighted by Gasteiger charge is -2.20. The molecule has 400 valence electrons. The van der Waals surface area contributed by atoms with Crippen LogP contribution in [0.2, 0.25) is 0 Å². The van der Waals surface area contributed by atoms with E-state index in [1.54, 1.807) is 134 Å². The van der Waals surface area contributed by atoms with Crippen LogP contribution in [-0.4, -0.2) is 73.7 Å². The van der Waals surface area contributed by atoms with Gasteiger partial charge in [0.05, 0.1) is 37.1 Å². The Bertz CT molecular complexity index is 3000. The molecule has 6 aromatic rings. The van der Waals surface area contributed by atoms with Crippen molar-refractivity contribution in [1.82, 2.24) is 10.6 Å². The summed E-state index contributed by atoms with van der Waals surface area (Å²) >= 11 is 0. The summed E-state index contributed by atoms with van der Waals surface area (Å²) in [6, 6.07) is 35.9. The van der Waals surface area contributed by atoms with E-state index in [4.69, 9.17) is 19.3 Å². The van der Waals surface area contributed by atoms with Crippen LogP contribution in [0, 0.1) is 0 Å². The standard InChI is InChI=1S/C31H33F3N2O4.C27H25F3N2O4/c1-30(2,3)40-29(38)13-15-35-19-28(37)36-16-14-23-18-24(10-12-27(23)36)39-20-21-9-11-25(22-7-5-4-6-8-22)26(17-21)31(32,33)34;28-27(29,30)23-14-18(6-8-22(23)19-4-2-1-3-5-19)17-36-21-7-9-24-20(15-21)11-13-32(24)25(33)16-31-12-10-26(34)35/h4-12,17-18,35H,13-16,19-20H2,1-3H3;1-9,14-15,31H,10-13,16-17H2,(H,34,35). The van der Waals surface area contributed by atoms with E-state index in [0.29, 0.717) is 66.2 Å². The SMILES string of the molecule is CC(C)(C)OC(=O)CCNCC(=O)N1CCc2cc(OCc3ccc(-c4ccccc4)c(C(F)(F)F)c3)ccc21.O=C(O)CCNCC(=O)N1CCc2cc(OCc3ccc(-c4ccccc4)c(C(F)(F)F)c3)ccc21. The molecule has 2 aliphatic heterocycles. The molecule has 0 saturated heterocycles. The molecule has 18 heteroatoms. The summed E-state index contributed by atoms with van der Waals surface area (Å²) in [5.74, 6) is -0.516. The molecule has 0 aromatic heterocycles. The van der Waals surface area contributed by atoms with E-state index in [-0.39, 0.29) is 74.6 Å². The molecule has 2 amide bonds. The Labute approximate surface area is 436 Å². The van der Waals surface area contributed by atoms with E-state index in [1.165, 1.54) is 12.1 Å². The van der Waals surface area contributed by atoms with Gasteiger partial charge in [-0.05, 0) is 127 Å². The van der Waals surface area contributed by atoms with E-state index in [0.717, 1.165) is 34.6 Å². The van der Waals surface area contributed by atoms with Crippen molar-refractivity contribution in [2.45, 2.75) is 77.6 Å².